The highest BCUT2D eigenvalue weighted by Gasteiger charge is 2.31. The van der Waals surface area contributed by atoms with E-state index >= 15 is 0 Å². The molecule has 1 heterocycles. The molecule has 1 saturated heterocycles. The van der Waals surface area contributed by atoms with Crippen molar-refractivity contribution in [3.63, 3.8) is 0 Å². The van der Waals surface area contributed by atoms with Crippen molar-refractivity contribution >= 4 is 21.9 Å². The molecule has 0 atom stereocenters. The van der Waals surface area contributed by atoms with Crippen molar-refractivity contribution in [3.8, 4) is 0 Å². The zero-order valence-corrected chi connectivity index (χ0v) is 16.0. The van der Waals surface area contributed by atoms with Crippen LogP contribution in [0.3, 0.4) is 0 Å². The Bertz CT molecular complexity index is 777. The predicted molar refractivity (Wildman–Crippen MR) is 97.3 cm³/mol. The van der Waals surface area contributed by atoms with Gasteiger partial charge in [-0.15, -0.1) is 0 Å². The first-order valence-corrected chi connectivity index (χ1v) is 10.9. The second-order valence-electron chi connectivity index (χ2n) is 7.33. The molecular weight excluding hydrogens is 368 g/mol. The molecule has 1 N–H and O–H groups in total. The van der Waals surface area contributed by atoms with Crippen LogP contribution in [0.5, 0.6) is 0 Å². The number of sulfonamides is 1. The number of aromatic carboxylic acids is 1. The third kappa shape index (κ3) is 4.68. The Hall–Kier alpha value is -1.93. The Balaban J connectivity index is 1.56. The number of carboxylic acids is 1. The minimum atomic E-state index is -3.67. The molecule has 2 aliphatic rings. The summed E-state index contributed by atoms with van der Waals surface area (Å²) >= 11 is 0. The number of hydrogen-bond acceptors (Lipinski definition) is 5. The third-order valence-electron chi connectivity index (χ3n) is 5.50. The summed E-state index contributed by atoms with van der Waals surface area (Å²) in [5.74, 6) is -1.13. The number of amides is 1. The molecule has 2 fully saturated rings. The van der Waals surface area contributed by atoms with Crippen LogP contribution in [0.25, 0.3) is 0 Å². The van der Waals surface area contributed by atoms with E-state index in [1.165, 1.54) is 35.0 Å². The number of nitrogens with one attached hydrogen (secondary N) is 1. The van der Waals surface area contributed by atoms with Gasteiger partial charge < -0.3 is 15.2 Å². The first-order valence-electron chi connectivity index (χ1n) is 9.50. The van der Waals surface area contributed by atoms with Crippen LogP contribution in [0, 0.1) is 5.92 Å². The quantitative estimate of drug-likeness (QED) is 0.800. The summed E-state index contributed by atoms with van der Waals surface area (Å²) in [7, 11) is -3.67. The van der Waals surface area contributed by atoms with Crippen LogP contribution in [-0.2, 0) is 14.8 Å². The molecule has 1 aromatic carbocycles. The predicted octanol–water partition coefficient (Wildman–Crippen LogP) is 0.900. The molecule has 0 aromatic heterocycles. The normalized spacial score (nSPS) is 20.3. The number of nitrogens with zero attached hydrogens (tertiary/aromatic N) is 1. The van der Waals surface area contributed by atoms with E-state index in [2.05, 4.69) is 5.32 Å². The van der Waals surface area contributed by atoms with Gasteiger partial charge in [0.05, 0.1) is 10.9 Å². The summed E-state index contributed by atoms with van der Waals surface area (Å²) in [5, 5.41) is 13.9. The first kappa shape index (κ1) is 19.8. The topological polar surface area (TPSA) is 107 Å². The number of rotatable bonds is 5. The lowest BCUT2D eigenvalue weighted by Gasteiger charge is -2.33. The molecule has 1 saturated carbocycles. The lowest BCUT2D eigenvalue weighted by atomic mass is 9.88. The Morgan fingerprint density at radius 2 is 1.56 bits per heavy atom. The van der Waals surface area contributed by atoms with E-state index in [0.29, 0.717) is 25.9 Å². The van der Waals surface area contributed by atoms with Gasteiger partial charge in [-0.2, -0.15) is 4.31 Å². The van der Waals surface area contributed by atoms with E-state index < -0.39 is 16.0 Å². The second-order valence-corrected chi connectivity index (χ2v) is 9.27. The Labute approximate surface area is 159 Å². The van der Waals surface area contributed by atoms with Crippen LogP contribution in [0.2, 0.25) is 0 Å². The zero-order valence-electron chi connectivity index (χ0n) is 15.2. The van der Waals surface area contributed by atoms with Crippen molar-refractivity contribution in [2.75, 3.05) is 13.1 Å². The molecule has 7 nitrogen and oxygen atoms in total. The highest BCUT2D eigenvalue weighted by atomic mass is 32.2. The SMILES string of the molecule is O=C([O-])c1ccc(S(=O)(=O)N2CCC(NC(=O)C3CCCCC3)CC2)cc1. The standard InChI is InChI=1S/C19H26N2O5S/c22-18(14-4-2-1-3-5-14)20-16-10-12-21(13-11-16)27(25,26)17-8-6-15(7-9-17)19(23)24/h6-9,14,16H,1-5,10-13H2,(H,20,22)(H,23,24)/p-1. The van der Waals surface area contributed by atoms with Crippen LogP contribution in [0.1, 0.15) is 55.3 Å². The van der Waals surface area contributed by atoms with Gasteiger partial charge in [-0.3, -0.25) is 4.79 Å². The average Bonchev–Trinajstić information content (AvgIpc) is 2.69. The maximum atomic E-state index is 12.7. The molecule has 1 aliphatic heterocycles. The number of piperidine rings is 1. The number of carbonyl (C=O) groups is 2. The van der Waals surface area contributed by atoms with E-state index in [0.717, 1.165) is 25.7 Å². The highest BCUT2D eigenvalue weighted by Crippen LogP contribution is 2.25. The summed E-state index contributed by atoms with van der Waals surface area (Å²) in [5.41, 5.74) is -0.0573. The van der Waals surface area contributed by atoms with Crippen LogP contribution < -0.4 is 10.4 Å². The Morgan fingerprint density at radius 3 is 2.11 bits per heavy atom. The van der Waals surface area contributed by atoms with Gasteiger partial charge in [0, 0.05) is 25.0 Å². The fourth-order valence-electron chi connectivity index (χ4n) is 3.84. The van der Waals surface area contributed by atoms with E-state index in [9.17, 15) is 23.1 Å². The fourth-order valence-corrected chi connectivity index (χ4v) is 5.31. The zero-order chi connectivity index (χ0) is 19.4. The summed E-state index contributed by atoms with van der Waals surface area (Å²) in [6.07, 6.45) is 6.45. The number of hydrogen-bond donors (Lipinski definition) is 1. The molecule has 1 aromatic rings. The molecule has 0 radical (unpaired) electrons. The first-order chi connectivity index (χ1) is 12.9. The molecule has 0 unspecified atom stereocenters. The monoisotopic (exact) mass is 393 g/mol. The molecular formula is C19H25N2O5S-. The van der Waals surface area contributed by atoms with Gasteiger partial charge in [0.15, 0.2) is 0 Å². The van der Waals surface area contributed by atoms with E-state index in [1.54, 1.807) is 0 Å². The summed E-state index contributed by atoms with van der Waals surface area (Å²) < 4.78 is 26.8. The maximum absolute atomic E-state index is 12.7. The fraction of sp³-hybridized carbons (Fsp3) is 0.579. The van der Waals surface area contributed by atoms with E-state index in [4.69, 9.17) is 0 Å². The Morgan fingerprint density at radius 1 is 0.963 bits per heavy atom. The number of carboxylic acid groups (broad SMARTS) is 1. The van der Waals surface area contributed by atoms with Crippen molar-refractivity contribution in [2.24, 2.45) is 5.92 Å². The molecule has 148 valence electrons. The molecule has 1 aliphatic carbocycles. The van der Waals surface area contributed by atoms with Crippen LogP contribution in [0.15, 0.2) is 29.2 Å². The van der Waals surface area contributed by atoms with Crippen molar-refractivity contribution in [1.82, 2.24) is 9.62 Å². The van der Waals surface area contributed by atoms with Crippen LogP contribution >= 0.6 is 0 Å². The molecule has 1 amide bonds. The van der Waals surface area contributed by atoms with Crippen LogP contribution in [-0.4, -0.2) is 43.7 Å². The molecule has 8 heteroatoms. The number of carbonyl (C=O) groups excluding carboxylic acids is 2. The average molecular weight is 393 g/mol. The van der Waals surface area contributed by atoms with Crippen molar-refractivity contribution in [1.29, 1.82) is 0 Å². The lowest BCUT2D eigenvalue weighted by Crippen LogP contribution is -2.48. The van der Waals surface area contributed by atoms with Gasteiger partial charge in [0.25, 0.3) is 0 Å². The van der Waals surface area contributed by atoms with Crippen molar-refractivity contribution in [3.05, 3.63) is 29.8 Å². The maximum Gasteiger partial charge on any atom is 0.243 e. The third-order valence-corrected chi connectivity index (χ3v) is 7.42. The minimum Gasteiger partial charge on any atom is -0.545 e. The van der Waals surface area contributed by atoms with Gasteiger partial charge in [0.2, 0.25) is 15.9 Å². The smallest absolute Gasteiger partial charge is 0.243 e. The van der Waals surface area contributed by atoms with E-state index in [-0.39, 0.29) is 28.3 Å². The van der Waals surface area contributed by atoms with Crippen molar-refractivity contribution in [2.45, 2.75) is 55.9 Å². The van der Waals surface area contributed by atoms with Gasteiger partial charge in [-0.05, 0) is 43.4 Å². The van der Waals surface area contributed by atoms with Crippen molar-refractivity contribution < 1.29 is 23.1 Å². The van der Waals surface area contributed by atoms with Crippen LogP contribution in [0.4, 0.5) is 0 Å². The number of benzene rings is 1. The lowest BCUT2D eigenvalue weighted by molar-refractivity contribution is -0.255. The highest BCUT2D eigenvalue weighted by molar-refractivity contribution is 7.89. The minimum absolute atomic E-state index is 0.00587. The summed E-state index contributed by atoms with van der Waals surface area (Å²) in [6, 6.07) is 5.06. The largest absolute Gasteiger partial charge is 0.545 e. The summed E-state index contributed by atoms with van der Waals surface area (Å²) in [6.45, 7) is 0.667. The van der Waals surface area contributed by atoms with E-state index in [1.807, 2.05) is 0 Å². The van der Waals surface area contributed by atoms with Gasteiger partial charge >= 0.3 is 0 Å². The molecule has 0 spiro atoms. The molecule has 27 heavy (non-hydrogen) atoms. The van der Waals surface area contributed by atoms with Gasteiger partial charge in [-0.25, -0.2) is 8.42 Å². The molecule has 0 bridgehead atoms. The summed E-state index contributed by atoms with van der Waals surface area (Å²) in [4.78, 5) is 23.2. The van der Waals surface area contributed by atoms with Gasteiger partial charge in [0.1, 0.15) is 0 Å². The molecule has 3 rings (SSSR count). The van der Waals surface area contributed by atoms with Gasteiger partial charge in [-0.1, -0.05) is 31.4 Å². The second kappa shape index (κ2) is 8.39. The Kier molecular flexibility index (Phi) is 6.16.